The van der Waals surface area contributed by atoms with Gasteiger partial charge in [-0.25, -0.2) is 0 Å². The van der Waals surface area contributed by atoms with Crippen LogP contribution >= 0.6 is 22.9 Å². The van der Waals surface area contributed by atoms with Crippen molar-refractivity contribution < 1.29 is 4.79 Å². The Balaban J connectivity index is 1.48. The summed E-state index contributed by atoms with van der Waals surface area (Å²) in [6.45, 7) is 2.41. The maximum Gasteiger partial charge on any atom is 0.268 e. The molecule has 3 heterocycles. The van der Waals surface area contributed by atoms with E-state index in [1.54, 1.807) is 10.6 Å². The van der Waals surface area contributed by atoms with Crippen molar-refractivity contribution in [2.75, 3.05) is 18.0 Å². The second-order valence-electron chi connectivity index (χ2n) is 6.81. The van der Waals surface area contributed by atoms with Crippen LogP contribution in [0.1, 0.15) is 41.7 Å². The fourth-order valence-corrected chi connectivity index (χ4v) is 4.43. The topological polar surface area (TPSA) is 63.1 Å². The predicted molar refractivity (Wildman–Crippen MR) is 113 cm³/mol. The number of benzene rings is 1. The minimum Gasteiger partial charge on any atom is -0.347 e. The van der Waals surface area contributed by atoms with Crippen LogP contribution < -0.4 is 10.2 Å². The molecule has 2 aromatic heterocycles. The summed E-state index contributed by atoms with van der Waals surface area (Å²) in [6.07, 6.45) is 6.77. The average molecular weight is 416 g/mol. The van der Waals surface area contributed by atoms with Crippen molar-refractivity contribution >= 4 is 34.0 Å². The summed E-state index contributed by atoms with van der Waals surface area (Å²) in [4.78, 5) is 15.0. The molecule has 1 amide bonds. The Morgan fingerprint density at radius 3 is 2.57 bits per heavy atom. The quantitative estimate of drug-likeness (QED) is 0.675. The molecule has 0 spiro atoms. The monoisotopic (exact) mass is 415 g/mol. The molecule has 1 aliphatic rings. The maximum absolute atomic E-state index is 12.7. The molecule has 6 nitrogen and oxygen atoms in total. The third kappa shape index (κ3) is 4.20. The van der Waals surface area contributed by atoms with Gasteiger partial charge in [-0.3, -0.25) is 9.36 Å². The van der Waals surface area contributed by atoms with Crippen LogP contribution in [0.5, 0.6) is 0 Å². The minimum absolute atomic E-state index is 0.170. The molecule has 0 aliphatic carbocycles. The SMILES string of the molecule is O=C(NCc1ccccc1Cl)c1cccn1-c1nnc(N2CCCCCC2)s1. The molecular weight excluding hydrogens is 394 g/mol. The van der Waals surface area contributed by atoms with E-state index < -0.39 is 0 Å². The number of carbonyl (C=O) groups is 1. The summed E-state index contributed by atoms with van der Waals surface area (Å²) in [6, 6.07) is 11.1. The Kier molecular flexibility index (Phi) is 5.92. The first-order valence-corrected chi connectivity index (χ1v) is 10.7. The molecule has 1 aromatic carbocycles. The molecule has 28 heavy (non-hydrogen) atoms. The van der Waals surface area contributed by atoms with Gasteiger partial charge in [-0.2, -0.15) is 0 Å². The number of carbonyl (C=O) groups excluding carboxylic acids is 1. The fraction of sp³-hybridized carbons (Fsp3) is 0.350. The zero-order valence-electron chi connectivity index (χ0n) is 15.5. The van der Waals surface area contributed by atoms with E-state index in [9.17, 15) is 4.79 Å². The molecule has 0 bridgehead atoms. The first-order valence-electron chi connectivity index (χ1n) is 9.50. The van der Waals surface area contributed by atoms with Gasteiger partial charge < -0.3 is 10.2 Å². The first kappa shape index (κ1) is 19.0. The summed E-state index contributed by atoms with van der Waals surface area (Å²) in [7, 11) is 0. The van der Waals surface area contributed by atoms with Crippen LogP contribution in [0.2, 0.25) is 5.02 Å². The van der Waals surface area contributed by atoms with E-state index in [1.165, 1.54) is 37.0 Å². The highest BCUT2D eigenvalue weighted by molar-refractivity contribution is 7.17. The average Bonchev–Trinajstić information content (AvgIpc) is 3.31. The van der Waals surface area contributed by atoms with Gasteiger partial charge in [0.1, 0.15) is 5.69 Å². The molecule has 3 aromatic rings. The molecule has 1 fully saturated rings. The van der Waals surface area contributed by atoms with E-state index in [0.717, 1.165) is 23.8 Å². The smallest absolute Gasteiger partial charge is 0.268 e. The Bertz CT molecular complexity index is 945. The van der Waals surface area contributed by atoms with E-state index in [0.29, 0.717) is 22.4 Å². The summed E-state index contributed by atoms with van der Waals surface area (Å²) in [5.41, 5.74) is 1.42. The largest absolute Gasteiger partial charge is 0.347 e. The molecule has 0 atom stereocenters. The van der Waals surface area contributed by atoms with E-state index in [1.807, 2.05) is 36.5 Å². The lowest BCUT2D eigenvalue weighted by molar-refractivity contribution is 0.0944. The molecule has 1 aliphatic heterocycles. The summed E-state index contributed by atoms with van der Waals surface area (Å²) in [5, 5.41) is 13.9. The van der Waals surface area contributed by atoms with Crippen LogP contribution in [0.25, 0.3) is 5.13 Å². The lowest BCUT2D eigenvalue weighted by atomic mass is 10.2. The molecule has 0 unspecified atom stereocenters. The highest BCUT2D eigenvalue weighted by atomic mass is 35.5. The zero-order valence-corrected chi connectivity index (χ0v) is 17.0. The lowest BCUT2D eigenvalue weighted by Crippen LogP contribution is -2.25. The second kappa shape index (κ2) is 8.75. The van der Waals surface area contributed by atoms with E-state index >= 15 is 0 Å². The molecular formula is C20H22ClN5OS. The van der Waals surface area contributed by atoms with Crippen molar-refractivity contribution in [3.8, 4) is 5.13 Å². The van der Waals surface area contributed by atoms with Gasteiger partial charge in [0.05, 0.1) is 0 Å². The molecule has 4 rings (SSSR count). The summed E-state index contributed by atoms with van der Waals surface area (Å²) >= 11 is 7.69. The van der Waals surface area contributed by atoms with Gasteiger partial charge >= 0.3 is 0 Å². The number of anilines is 1. The molecule has 0 saturated carbocycles. The second-order valence-corrected chi connectivity index (χ2v) is 8.15. The van der Waals surface area contributed by atoms with Gasteiger partial charge in [-0.05, 0) is 36.6 Å². The normalized spacial score (nSPS) is 14.7. The number of amides is 1. The van der Waals surface area contributed by atoms with Crippen molar-refractivity contribution in [2.24, 2.45) is 0 Å². The highest BCUT2D eigenvalue weighted by Crippen LogP contribution is 2.26. The van der Waals surface area contributed by atoms with Gasteiger partial charge in [0.25, 0.3) is 5.91 Å². The van der Waals surface area contributed by atoms with Crippen LogP contribution in [-0.2, 0) is 6.54 Å². The number of rotatable bonds is 5. The Morgan fingerprint density at radius 2 is 1.79 bits per heavy atom. The van der Waals surface area contributed by atoms with Gasteiger partial charge in [0.15, 0.2) is 0 Å². The summed E-state index contributed by atoms with van der Waals surface area (Å²) < 4.78 is 1.79. The van der Waals surface area contributed by atoms with E-state index in [-0.39, 0.29) is 5.91 Å². The molecule has 1 N–H and O–H groups in total. The maximum atomic E-state index is 12.7. The van der Waals surface area contributed by atoms with E-state index in [2.05, 4.69) is 20.4 Å². The van der Waals surface area contributed by atoms with Crippen LogP contribution in [0.15, 0.2) is 42.6 Å². The predicted octanol–water partition coefficient (Wildman–Crippen LogP) is 4.29. The molecule has 0 radical (unpaired) electrons. The molecule has 8 heteroatoms. The summed E-state index contributed by atoms with van der Waals surface area (Å²) in [5.74, 6) is -0.170. The number of hydrogen-bond donors (Lipinski definition) is 1. The third-order valence-electron chi connectivity index (χ3n) is 4.86. The third-order valence-corrected chi connectivity index (χ3v) is 6.22. The van der Waals surface area contributed by atoms with Crippen molar-refractivity contribution in [3.63, 3.8) is 0 Å². The van der Waals surface area contributed by atoms with Crippen LogP contribution in [0.4, 0.5) is 5.13 Å². The van der Waals surface area contributed by atoms with Crippen LogP contribution in [0, 0.1) is 0 Å². The lowest BCUT2D eigenvalue weighted by Gasteiger charge is -2.17. The van der Waals surface area contributed by atoms with Gasteiger partial charge in [0.2, 0.25) is 10.3 Å². The first-order chi connectivity index (χ1) is 13.7. The van der Waals surface area contributed by atoms with Crippen molar-refractivity contribution in [3.05, 3.63) is 58.9 Å². The molecule has 1 saturated heterocycles. The standard InChI is InChI=1S/C20H22ClN5OS/c21-16-9-4-3-8-15(16)14-22-18(27)17-10-7-13-26(17)20-24-23-19(28-20)25-11-5-1-2-6-12-25/h3-4,7-10,13H,1-2,5-6,11-12,14H2,(H,22,27). The van der Waals surface area contributed by atoms with Crippen LogP contribution in [-0.4, -0.2) is 33.8 Å². The van der Waals surface area contributed by atoms with Gasteiger partial charge in [-0.15, -0.1) is 10.2 Å². The zero-order chi connectivity index (χ0) is 19.3. The number of nitrogens with one attached hydrogen (secondary N) is 1. The number of hydrogen-bond acceptors (Lipinski definition) is 5. The number of nitrogens with zero attached hydrogens (tertiary/aromatic N) is 4. The Labute approximate surface area is 173 Å². The number of halogens is 1. The van der Waals surface area contributed by atoms with E-state index in [4.69, 9.17) is 11.6 Å². The Hall–Kier alpha value is -2.38. The minimum atomic E-state index is -0.170. The van der Waals surface area contributed by atoms with Crippen LogP contribution in [0.3, 0.4) is 0 Å². The van der Waals surface area contributed by atoms with Crippen molar-refractivity contribution in [1.29, 1.82) is 0 Å². The Morgan fingerprint density at radius 1 is 1.04 bits per heavy atom. The van der Waals surface area contributed by atoms with Crippen molar-refractivity contribution in [2.45, 2.75) is 32.2 Å². The molecule has 146 valence electrons. The fourth-order valence-electron chi connectivity index (χ4n) is 3.34. The van der Waals surface area contributed by atoms with Gasteiger partial charge in [0, 0.05) is 30.9 Å². The van der Waals surface area contributed by atoms with Gasteiger partial charge in [-0.1, -0.05) is 54.0 Å². The number of aromatic nitrogens is 3. The highest BCUT2D eigenvalue weighted by Gasteiger charge is 2.18. The van der Waals surface area contributed by atoms with Crippen molar-refractivity contribution in [1.82, 2.24) is 20.1 Å².